The molecule has 0 saturated carbocycles. The molecule has 0 unspecified atom stereocenters. The standard InChI is InChI=1S/C23H26ClN3O2/c1-26(2)15-16-29-22-8-4-3-7-20(22)25-23(28)17-21(27-13-5-6-14-27)18-9-11-19(24)12-10-18/h3-14,21H,15-17H2,1-2H3,(H,25,28)/t21-/m1/s1. The Labute approximate surface area is 176 Å². The number of hydrogen-bond acceptors (Lipinski definition) is 3. The number of halogens is 1. The van der Waals surface area contributed by atoms with Gasteiger partial charge in [0.1, 0.15) is 12.4 Å². The van der Waals surface area contributed by atoms with Crippen molar-refractivity contribution in [2.45, 2.75) is 12.5 Å². The van der Waals surface area contributed by atoms with Gasteiger partial charge in [0.2, 0.25) is 5.91 Å². The second-order valence-corrected chi connectivity index (χ2v) is 7.53. The molecule has 0 radical (unpaired) electrons. The average molecular weight is 412 g/mol. The van der Waals surface area contributed by atoms with E-state index < -0.39 is 0 Å². The molecule has 1 heterocycles. The van der Waals surface area contributed by atoms with Crippen molar-refractivity contribution in [1.82, 2.24) is 9.47 Å². The first-order valence-corrected chi connectivity index (χ1v) is 9.95. The smallest absolute Gasteiger partial charge is 0.226 e. The number of hydrogen-bond donors (Lipinski definition) is 1. The third-order valence-corrected chi connectivity index (χ3v) is 4.83. The van der Waals surface area contributed by atoms with Crippen molar-refractivity contribution < 1.29 is 9.53 Å². The highest BCUT2D eigenvalue weighted by Gasteiger charge is 2.18. The summed E-state index contributed by atoms with van der Waals surface area (Å²) in [5.41, 5.74) is 1.70. The Balaban J connectivity index is 1.72. The predicted octanol–water partition coefficient (Wildman–Crippen LogP) is 4.70. The van der Waals surface area contributed by atoms with E-state index in [1.165, 1.54) is 0 Å². The van der Waals surface area contributed by atoms with Gasteiger partial charge in [-0.1, -0.05) is 35.9 Å². The van der Waals surface area contributed by atoms with Crippen LogP contribution in [0.15, 0.2) is 73.1 Å². The molecule has 5 nitrogen and oxygen atoms in total. The van der Waals surface area contributed by atoms with Gasteiger partial charge in [0.25, 0.3) is 0 Å². The Morgan fingerprint density at radius 3 is 2.45 bits per heavy atom. The molecule has 0 aliphatic rings. The number of likely N-dealkylation sites (N-methyl/N-ethyl adjacent to an activating group) is 1. The topological polar surface area (TPSA) is 46.5 Å². The highest BCUT2D eigenvalue weighted by molar-refractivity contribution is 6.30. The number of nitrogens with one attached hydrogen (secondary N) is 1. The maximum Gasteiger partial charge on any atom is 0.226 e. The van der Waals surface area contributed by atoms with Crippen LogP contribution in [0, 0.1) is 0 Å². The van der Waals surface area contributed by atoms with Crippen LogP contribution in [0.3, 0.4) is 0 Å². The molecule has 0 spiro atoms. The number of ether oxygens (including phenoxy) is 1. The number of rotatable bonds is 9. The zero-order chi connectivity index (χ0) is 20.6. The van der Waals surface area contributed by atoms with Crippen LogP contribution in [-0.2, 0) is 4.79 Å². The van der Waals surface area contributed by atoms with Crippen LogP contribution in [0.1, 0.15) is 18.0 Å². The van der Waals surface area contributed by atoms with Gasteiger partial charge >= 0.3 is 0 Å². The summed E-state index contributed by atoms with van der Waals surface area (Å²) >= 11 is 6.03. The van der Waals surface area contributed by atoms with E-state index in [1.54, 1.807) is 0 Å². The number of benzene rings is 2. The van der Waals surface area contributed by atoms with E-state index in [2.05, 4.69) is 10.2 Å². The number of amides is 1. The van der Waals surface area contributed by atoms with Crippen LogP contribution in [0.5, 0.6) is 5.75 Å². The Morgan fingerprint density at radius 2 is 1.76 bits per heavy atom. The summed E-state index contributed by atoms with van der Waals surface area (Å²) in [6.45, 7) is 1.35. The molecule has 1 N–H and O–H groups in total. The maximum atomic E-state index is 12.9. The summed E-state index contributed by atoms with van der Waals surface area (Å²) in [7, 11) is 3.99. The molecule has 152 valence electrons. The lowest BCUT2D eigenvalue weighted by Crippen LogP contribution is -2.21. The third kappa shape index (κ3) is 6.11. The van der Waals surface area contributed by atoms with Gasteiger partial charge in [0, 0.05) is 24.0 Å². The van der Waals surface area contributed by atoms with Gasteiger partial charge < -0.3 is 19.5 Å². The van der Waals surface area contributed by atoms with Gasteiger partial charge in [-0.05, 0) is 56.1 Å². The second-order valence-electron chi connectivity index (χ2n) is 7.10. The Hall–Kier alpha value is -2.76. The molecule has 29 heavy (non-hydrogen) atoms. The third-order valence-electron chi connectivity index (χ3n) is 4.58. The lowest BCUT2D eigenvalue weighted by atomic mass is 10.0. The zero-order valence-electron chi connectivity index (χ0n) is 16.7. The number of nitrogens with zero attached hydrogens (tertiary/aromatic N) is 2. The van der Waals surface area contributed by atoms with Gasteiger partial charge in [-0.15, -0.1) is 0 Å². The normalized spacial score (nSPS) is 12.0. The molecule has 1 atom stereocenters. The largest absolute Gasteiger partial charge is 0.490 e. The molecule has 2 aromatic carbocycles. The summed E-state index contributed by atoms with van der Waals surface area (Å²) < 4.78 is 7.88. The maximum absolute atomic E-state index is 12.9. The molecular weight excluding hydrogens is 386 g/mol. The van der Waals surface area contributed by atoms with Crippen molar-refractivity contribution in [3.8, 4) is 5.75 Å². The first kappa shape index (κ1) is 21.0. The molecule has 0 aliphatic heterocycles. The summed E-state index contributed by atoms with van der Waals surface area (Å²) in [6.07, 6.45) is 4.22. The Bertz CT molecular complexity index is 908. The molecule has 3 rings (SSSR count). The van der Waals surface area contributed by atoms with Gasteiger partial charge in [-0.2, -0.15) is 0 Å². The highest BCUT2D eigenvalue weighted by atomic mass is 35.5. The van der Waals surface area contributed by atoms with Crippen molar-refractivity contribution in [2.24, 2.45) is 0 Å². The van der Waals surface area contributed by atoms with Gasteiger partial charge in [-0.3, -0.25) is 4.79 Å². The first-order chi connectivity index (χ1) is 14.0. The molecule has 6 heteroatoms. The van der Waals surface area contributed by atoms with E-state index >= 15 is 0 Å². The number of carbonyl (C=O) groups is 1. The monoisotopic (exact) mass is 411 g/mol. The number of anilines is 1. The second kappa shape index (κ2) is 10.1. The van der Waals surface area contributed by atoms with Crippen molar-refractivity contribution in [2.75, 3.05) is 32.6 Å². The number of para-hydroxylation sites is 2. The summed E-state index contributed by atoms with van der Waals surface area (Å²) in [5.74, 6) is 0.592. The van der Waals surface area contributed by atoms with Crippen LogP contribution in [-0.4, -0.2) is 42.6 Å². The van der Waals surface area contributed by atoms with Gasteiger partial charge in [0.15, 0.2) is 0 Å². The average Bonchev–Trinajstić information content (AvgIpc) is 3.22. The highest BCUT2D eigenvalue weighted by Crippen LogP contribution is 2.27. The van der Waals surface area contributed by atoms with Crippen LogP contribution < -0.4 is 10.1 Å². The quantitative estimate of drug-likeness (QED) is 0.555. The molecule has 0 saturated heterocycles. The molecule has 0 aliphatic carbocycles. The van der Waals surface area contributed by atoms with Gasteiger partial charge in [0.05, 0.1) is 18.2 Å². The van der Waals surface area contributed by atoms with Crippen LogP contribution in [0.25, 0.3) is 0 Å². The molecule has 0 fully saturated rings. The Kier molecular flexibility index (Phi) is 7.33. The lowest BCUT2D eigenvalue weighted by molar-refractivity contribution is -0.116. The minimum atomic E-state index is -0.121. The van der Waals surface area contributed by atoms with Crippen molar-refractivity contribution in [3.63, 3.8) is 0 Å². The molecule has 1 amide bonds. The fraction of sp³-hybridized carbons (Fsp3) is 0.261. The van der Waals surface area contributed by atoms with Crippen LogP contribution in [0.2, 0.25) is 5.02 Å². The fourth-order valence-electron chi connectivity index (χ4n) is 3.05. The Morgan fingerprint density at radius 1 is 1.07 bits per heavy atom. The van der Waals surface area contributed by atoms with Crippen LogP contribution in [0.4, 0.5) is 5.69 Å². The molecule has 1 aromatic heterocycles. The first-order valence-electron chi connectivity index (χ1n) is 9.57. The summed E-state index contributed by atoms with van der Waals surface area (Å²) in [5, 5.41) is 3.68. The molecule has 0 bridgehead atoms. The lowest BCUT2D eigenvalue weighted by Gasteiger charge is -2.20. The van der Waals surface area contributed by atoms with Crippen molar-refractivity contribution in [3.05, 3.63) is 83.6 Å². The predicted molar refractivity (Wildman–Crippen MR) is 118 cm³/mol. The molecular formula is C23H26ClN3O2. The number of carbonyl (C=O) groups excluding carboxylic acids is 1. The summed E-state index contributed by atoms with van der Waals surface area (Å²) in [4.78, 5) is 14.9. The van der Waals surface area contributed by atoms with E-state index in [0.717, 1.165) is 12.1 Å². The van der Waals surface area contributed by atoms with Gasteiger partial charge in [-0.25, -0.2) is 0 Å². The minimum absolute atomic E-state index is 0.0812. The zero-order valence-corrected chi connectivity index (χ0v) is 17.5. The van der Waals surface area contributed by atoms with E-state index in [1.807, 2.05) is 91.7 Å². The van der Waals surface area contributed by atoms with E-state index in [0.29, 0.717) is 29.5 Å². The summed E-state index contributed by atoms with van der Waals surface area (Å²) in [6, 6.07) is 18.9. The fourth-order valence-corrected chi connectivity index (χ4v) is 3.17. The SMILES string of the molecule is CN(C)CCOc1ccccc1NC(=O)C[C@H](c1ccc(Cl)cc1)n1cccc1. The number of aromatic nitrogens is 1. The van der Waals surface area contributed by atoms with Crippen molar-refractivity contribution >= 4 is 23.2 Å². The molecule has 3 aromatic rings. The van der Waals surface area contributed by atoms with Crippen LogP contribution >= 0.6 is 11.6 Å². The minimum Gasteiger partial charge on any atom is -0.490 e. The van der Waals surface area contributed by atoms with E-state index in [-0.39, 0.29) is 11.9 Å². The van der Waals surface area contributed by atoms with E-state index in [9.17, 15) is 4.79 Å². The van der Waals surface area contributed by atoms with E-state index in [4.69, 9.17) is 16.3 Å². The van der Waals surface area contributed by atoms with Crippen molar-refractivity contribution in [1.29, 1.82) is 0 Å².